The highest BCUT2D eigenvalue weighted by atomic mass is 19.1. The fourth-order valence-electron chi connectivity index (χ4n) is 1.85. The van der Waals surface area contributed by atoms with Crippen molar-refractivity contribution in [3.8, 4) is 5.75 Å². The molecular weight excluding hydrogens is 289 g/mol. The Morgan fingerprint density at radius 3 is 2.91 bits per heavy atom. The van der Waals surface area contributed by atoms with Gasteiger partial charge in [-0.05, 0) is 30.7 Å². The van der Waals surface area contributed by atoms with E-state index in [9.17, 15) is 9.18 Å². The SMILES string of the molecule is COc1ccc(C(=O)NCCCOCc2ccco2)c(F)c1. The summed E-state index contributed by atoms with van der Waals surface area (Å²) in [5.74, 6) is 0.0711. The van der Waals surface area contributed by atoms with E-state index in [2.05, 4.69) is 5.32 Å². The molecule has 2 rings (SSSR count). The molecule has 0 fully saturated rings. The molecule has 0 spiro atoms. The van der Waals surface area contributed by atoms with Crippen LogP contribution in [0.4, 0.5) is 4.39 Å². The van der Waals surface area contributed by atoms with Gasteiger partial charge in [0.1, 0.15) is 23.9 Å². The van der Waals surface area contributed by atoms with Crippen LogP contribution in [-0.4, -0.2) is 26.2 Å². The summed E-state index contributed by atoms with van der Waals surface area (Å²) in [6.45, 7) is 1.28. The Balaban J connectivity index is 1.67. The largest absolute Gasteiger partial charge is 0.497 e. The lowest BCUT2D eigenvalue weighted by atomic mass is 10.2. The summed E-state index contributed by atoms with van der Waals surface area (Å²) in [6, 6.07) is 7.75. The number of benzene rings is 1. The molecule has 0 atom stereocenters. The van der Waals surface area contributed by atoms with Crippen molar-refractivity contribution in [3.63, 3.8) is 0 Å². The van der Waals surface area contributed by atoms with Crippen LogP contribution < -0.4 is 10.1 Å². The van der Waals surface area contributed by atoms with Crippen LogP contribution in [-0.2, 0) is 11.3 Å². The van der Waals surface area contributed by atoms with Crippen LogP contribution in [0, 0.1) is 5.82 Å². The number of hydrogen-bond donors (Lipinski definition) is 1. The molecule has 0 aliphatic rings. The molecular formula is C16H18FNO4. The molecule has 0 saturated heterocycles. The molecule has 118 valence electrons. The van der Waals surface area contributed by atoms with Crippen LogP contribution in [0.2, 0.25) is 0 Å². The molecule has 0 saturated carbocycles. The van der Waals surface area contributed by atoms with E-state index in [0.717, 1.165) is 5.76 Å². The van der Waals surface area contributed by atoms with Gasteiger partial charge in [-0.15, -0.1) is 0 Å². The van der Waals surface area contributed by atoms with Gasteiger partial charge in [0.15, 0.2) is 0 Å². The van der Waals surface area contributed by atoms with Gasteiger partial charge in [-0.25, -0.2) is 4.39 Å². The van der Waals surface area contributed by atoms with Crippen LogP contribution >= 0.6 is 0 Å². The van der Waals surface area contributed by atoms with Gasteiger partial charge >= 0.3 is 0 Å². The molecule has 1 aromatic carbocycles. The Kier molecular flexibility index (Phi) is 5.97. The number of rotatable bonds is 8. The summed E-state index contributed by atoms with van der Waals surface area (Å²) in [6.07, 6.45) is 2.21. The molecule has 2 aromatic rings. The Labute approximate surface area is 128 Å². The highest BCUT2D eigenvalue weighted by molar-refractivity contribution is 5.94. The van der Waals surface area contributed by atoms with Crippen molar-refractivity contribution < 1.29 is 23.1 Å². The normalized spacial score (nSPS) is 10.5. The van der Waals surface area contributed by atoms with Crippen LogP contribution in [0.25, 0.3) is 0 Å². The number of amides is 1. The number of ether oxygens (including phenoxy) is 2. The topological polar surface area (TPSA) is 60.7 Å². The summed E-state index contributed by atoms with van der Waals surface area (Å²) >= 11 is 0. The zero-order valence-electron chi connectivity index (χ0n) is 12.3. The van der Waals surface area contributed by atoms with Crippen molar-refractivity contribution in [1.29, 1.82) is 0 Å². The second-order valence-electron chi connectivity index (χ2n) is 4.59. The zero-order valence-corrected chi connectivity index (χ0v) is 12.3. The van der Waals surface area contributed by atoms with Gasteiger partial charge in [0, 0.05) is 19.2 Å². The number of halogens is 1. The van der Waals surface area contributed by atoms with Crippen molar-refractivity contribution in [2.45, 2.75) is 13.0 Å². The molecule has 0 bridgehead atoms. The summed E-state index contributed by atoms with van der Waals surface area (Å²) in [5.41, 5.74) is -0.00250. The van der Waals surface area contributed by atoms with Gasteiger partial charge in [-0.3, -0.25) is 4.79 Å². The van der Waals surface area contributed by atoms with Crippen LogP contribution in [0.5, 0.6) is 5.75 Å². The second-order valence-corrected chi connectivity index (χ2v) is 4.59. The molecule has 0 aliphatic heterocycles. The van der Waals surface area contributed by atoms with Gasteiger partial charge in [0.25, 0.3) is 5.91 Å². The number of furan rings is 1. The average Bonchev–Trinajstić information content (AvgIpc) is 3.03. The highest BCUT2D eigenvalue weighted by Gasteiger charge is 2.11. The lowest BCUT2D eigenvalue weighted by Crippen LogP contribution is -2.26. The first-order valence-corrected chi connectivity index (χ1v) is 6.92. The van der Waals surface area contributed by atoms with Crippen molar-refractivity contribution in [2.24, 2.45) is 0 Å². The molecule has 0 aliphatic carbocycles. The number of carbonyl (C=O) groups excluding carboxylic acids is 1. The number of methoxy groups -OCH3 is 1. The fourth-order valence-corrected chi connectivity index (χ4v) is 1.85. The van der Waals surface area contributed by atoms with Crippen molar-refractivity contribution in [1.82, 2.24) is 5.32 Å². The quantitative estimate of drug-likeness (QED) is 0.762. The number of carbonyl (C=O) groups is 1. The molecule has 1 aromatic heterocycles. The van der Waals surface area contributed by atoms with Crippen LogP contribution in [0.3, 0.4) is 0 Å². The second kappa shape index (κ2) is 8.19. The smallest absolute Gasteiger partial charge is 0.254 e. The average molecular weight is 307 g/mol. The van der Waals surface area contributed by atoms with E-state index in [-0.39, 0.29) is 5.56 Å². The predicted octanol–water partition coefficient (Wildman–Crippen LogP) is 2.76. The van der Waals surface area contributed by atoms with Crippen molar-refractivity contribution in [3.05, 3.63) is 53.7 Å². The first-order valence-electron chi connectivity index (χ1n) is 6.92. The molecule has 1 heterocycles. The minimum atomic E-state index is -0.606. The van der Waals surface area contributed by atoms with E-state index in [4.69, 9.17) is 13.9 Å². The third kappa shape index (κ3) is 4.60. The standard InChI is InChI=1S/C16H18FNO4/c1-20-12-5-6-14(15(17)10-12)16(19)18-7-3-8-21-11-13-4-2-9-22-13/h2,4-6,9-10H,3,7-8,11H2,1H3,(H,18,19). The molecule has 1 N–H and O–H groups in total. The fraction of sp³-hybridized carbons (Fsp3) is 0.312. The molecule has 0 unspecified atom stereocenters. The van der Waals surface area contributed by atoms with Gasteiger partial charge in [-0.2, -0.15) is 0 Å². The van der Waals surface area contributed by atoms with Crippen molar-refractivity contribution >= 4 is 5.91 Å². The van der Waals surface area contributed by atoms with E-state index in [0.29, 0.717) is 31.9 Å². The predicted molar refractivity (Wildman–Crippen MR) is 78.3 cm³/mol. The van der Waals surface area contributed by atoms with E-state index in [1.165, 1.54) is 19.2 Å². The van der Waals surface area contributed by atoms with Crippen LogP contribution in [0.15, 0.2) is 41.0 Å². The summed E-state index contributed by atoms with van der Waals surface area (Å²) in [5, 5.41) is 2.65. The van der Waals surface area contributed by atoms with Gasteiger partial charge in [0.05, 0.1) is 18.9 Å². The van der Waals surface area contributed by atoms with Crippen LogP contribution in [0.1, 0.15) is 22.5 Å². The van der Waals surface area contributed by atoms with Gasteiger partial charge < -0.3 is 19.2 Å². The number of nitrogens with one attached hydrogen (secondary N) is 1. The zero-order chi connectivity index (χ0) is 15.8. The Hall–Kier alpha value is -2.34. The molecule has 0 radical (unpaired) electrons. The summed E-state index contributed by atoms with van der Waals surface area (Å²) in [4.78, 5) is 11.8. The van der Waals surface area contributed by atoms with Gasteiger partial charge in [0.2, 0.25) is 0 Å². The molecule has 6 heteroatoms. The van der Waals surface area contributed by atoms with Gasteiger partial charge in [-0.1, -0.05) is 0 Å². The first-order chi connectivity index (χ1) is 10.7. The maximum absolute atomic E-state index is 13.7. The summed E-state index contributed by atoms with van der Waals surface area (Å²) in [7, 11) is 1.44. The number of hydrogen-bond acceptors (Lipinski definition) is 4. The lowest BCUT2D eigenvalue weighted by Gasteiger charge is -2.07. The third-order valence-corrected chi connectivity index (χ3v) is 3.00. The Bertz CT molecular complexity index is 598. The maximum Gasteiger partial charge on any atom is 0.254 e. The molecule has 22 heavy (non-hydrogen) atoms. The lowest BCUT2D eigenvalue weighted by molar-refractivity contribution is 0.0913. The Morgan fingerprint density at radius 2 is 2.23 bits per heavy atom. The Morgan fingerprint density at radius 1 is 1.36 bits per heavy atom. The molecule has 1 amide bonds. The summed E-state index contributed by atoms with van der Waals surface area (Å²) < 4.78 is 29.1. The van der Waals surface area contributed by atoms with Crippen molar-refractivity contribution in [2.75, 3.05) is 20.3 Å². The maximum atomic E-state index is 13.7. The van der Waals surface area contributed by atoms with E-state index in [1.54, 1.807) is 18.4 Å². The van der Waals surface area contributed by atoms with E-state index < -0.39 is 11.7 Å². The van der Waals surface area contributed by atoms with E-state index >= 15 is 0 Å². The highest BCUT2D eigenvalue weighted by Crippen LogP contribution is 2.16. The minimum absolute atomic E-state index is 0.00250. The third-order valence-electron chi connectivity index (χ3n) is 3.00. The monoisotopic (exact) mass is 307 g/mol. The minimum Gasteiger partial charge on any atom is -0.497 e. The van der Waals surface area contributed by atoms with E-state index in [1.807, 2.05) is 6.07 Å². The first kappa shape index (κ1) is 16.0. The molecule has 5 nitrogen and oxygen atoms in total.